The minimum Gasteiger partial charge on any atom is -0.336 e. The van der Waals surface area contributed by atoms with Gasteiger partial charge in [-0.25, -0.2) is 4.98 Å². The van der Waals surface area contributed by atoms with Gasteiger partial charge in [0.05, 0.1) is 18.6 Å². The van der Waals surface area contributed by atoms with Gasteiger partial charge in [-0.1, -0.05) is 30.3 Å². The van der Waals surface area contributed by atoms with Crippen molar-refractivity contribution in [3.63, 3.8) is 0 Å². The van der Waals surface area contributed by atoms with Crippen LogP contribution in [-0.4, -0.2) is 26.9 Å². The fraction of sp³-hybridized carbons (Fsp3) is 0.545. The van der Waals surface area contributed by atoms with Crippen molar-refractivity contribution in [2.75, 3.05) is 6.54 Å². The summed E-state index contributed by atoms with van der Waals surface area (Å²) in [6.07, 6.45) is 9.00. The molecule has 2 aromatic rings. The molecule has 1 aromatic carbocycles. The number of benzene rings is 1. The Labute approximate surface area is 155 Å². The third-order valence-electron chi connectivity index (χ3n) is 6.33. The topological polar surface area (TPSA) is 38.1 Å². The van der Waals surface area contributed by atoms with Crippen molar-refractivity contribution in [2.24, 2.45) is 17.8 Å². The molecule has 0 atom stereocenters. The van der Waals surface area contributed by atoms with Gasteiger partial charge in [0.25, 0.3) is 0 Å². The molecule has 26 heavy (non-hydrogen) atoms. The van der Waals surface area contributed by atoms with Crippen LogP contribution in [0.15, 0.2) is 36.7 Å². The zero-order chi connectivity index (χ0) is 17.5. The van der Waals surface area contributed by atoms with Gasteiger partial charge in [-0.15, -0.1) is 0 Å². The van der Waals surface area contributed by atoms with E-state index in [1.165, 1.54) is 36.9 Å². The van der Waals surface area contributed by atoms with Crippen LogP contribution in [0, 0.1) is 17.8 Å². The summed E-state index contributed by atoms with van der Waals surface area (Å²) in [6, 6.07) is 10.6. The number of hydrogen-bond donors (Lipinski definition) is 0. The number of hydrogen-bond acceptors (Lipinski definition) is 2. The Bertz CT molecular complexity index is 777. The van der Waals surface area contributed by atoms with Gasteiger partial charge in [0, 0.05) is 31.1 Å². The van der Waals surface area contributed by atoms with E-state index in [0.717, 1.165) is 31.6 Å². The summed E-state index contributed by atoms with van der Waals surface area (Å²) in [7, 11) is 0. The van der Waals surface area contributed by atoms with Crippen LogP contribution >= 0.6 is 0 Å². The molecule has 3 aliphatic rings. The lowest BCUT2D eigenvalue weighted by Gasteiger charge is -2.30. The standard InChI is InChI=1S/C22H27N3O/c26-22(21(17-6-7-17)18-8-9-18)24-13-11-20-19(14-24)23-15-25(20)12-10-16-4-2-1-3-5-16/h1-5,15,17-18,21H,6-14H2. The van der Waals surface area contributed by atoms with Crippen LogP contribution in [0.4, 0.5) is 0 Å². The van der Waals surface area contributed by atoms with E-state index in [0.29, 0.717) is 30.2 Å². The van der Waals surface area contributed by atoms with Gasteiger partial charge in [-0.2, -0.15) is 0 Å². The Morgan fingerprint density at radius 1 is 1.12 bits per heavy atom. The molecule has 1 aromatic heterocycles. The minimum atomic E-state index is 0.316. The van der Waals surface area contributed by atoms with Crippen molar-refractivity contribution in [1.82, 2.24) is 14.5 Å². The second kappa shape index (κ2) is 6.57. The summed E-state index contributed by atoms with van der Waals surface area (Å²) in [5.41, 5.74) is 3.81. The van der Waals surface area contributed by atoms with Crippen LogP contribution in [0.2, 0.25) is 0 Å². The van der Waals surface area contributed by atoms with Gasteiger partial charge < -0.3 is 9.47 Å². The van der Waals surface area contributed by atoms with Gasteiger partial charge in [-0.05, 0) is 49.5 Å². The van der Waals surface area contributed by atoms with Crippen LogP contribution in [0.5, 0.6) is 0 Å². The van der Waals surface area contributed by atoms with E-state index in [4.69, 9.17) is 0 Å². The van der Waals surface area contributed by atoms with E-state index in [-0.39, 0.29) is 0 Å². The Hall–Kier alpha value is -2.10. The van der Waals surface area contributed by atoms with Crippen molar-refractivity contribution in [3.8, 4) is 0 Å². The summed E-state index contributed by atoms with van der Waals surface area (Å²) in [5.74, 6) is 2.09. The molecular weight excluding hydrogens is 322 g/mol. The summed E-state index contributed by atoms with van der Waals surface area (Å²) >= 11 is 0. The number of aryl methyl sites for hydroxylation is 2. The monoisotopic (exact) mass is 349 g/mol. The number of imidazole rings is 1. The van der Waals surface area contributed by atoms with Crippen molar-refractivity contribution >= 4 is 5.91 Å². The molecule has 136 valence electrons. The highest BCUT2D eigenvalue weighted by Gasteiger charge is 2.47. The number of aromatic nitrogens is 2. The van der Waals surface area contributed by atoms with Gasteiger partial charge in [0.15, 0.2) is 0 Å². The van der Waals surface area contributed by atoms with Gasteiger partial charge in [0.2, 0.25) is 5.91 Å². The molecule has 0 spiro atoms. The van der Waals surface area contributed by atoms with Crippen molar-refractivity contribution in [2.45, 2.75) is 51.6 Å². The fourth-order valence-corrected chi connectivity index (χ4v) is 4.55. The molecule has 0 bridgehead atoms. The maximum atomic E-state index is 13.1. The molecule has 0 saturated heterocycles. The van der Waals surface area contributed by atoms with E-state index in [2.05, 4.69) is 44.8 Å². The minimum absolute atomic E-state index is 0.316. The average Bonchev–Trinajstić information content (AvgIpc) is 3.61. The van der Waals surface area contributed by atoms with Crippen molar-refractivity contribution in [1.29, 1.82) is 0 Å². The van der Waals surface area contributed by atoms with E-state index in [1.807, 2.05) is 6.33 Å². The van der Waals surface area contributed by atoms with E-state index < -0.39 is 0 Å². The molecule has 2 heterocycles. The predicted octanol–water partition coefficient (Wildman–Crippen LogP) is 3.45. The quantitative estimate of drug-likeness (QED) is 0.801. The maximum absolute atomic E-state index is 13.1. The van der Waals surface area contributed by atoms with Crippen LogP contribution < -0.4 is 0 Å². The molecule has 5 rings (SSSR count). The lowest BCUT2D eigenvalue weighted by Crippen LogP contribution is -2.41. The van der Waals surface area contributed by atoms with Crippen LogP contribution in [0.1, 0.15) is 42.6 Å². The first-order valence-corrected chi connectivity index (χ1v) is 10.1. The Balaban J connectivity index is 1.25. The number of carbonyl (C=O) groups excluding carboxylic acids is 1. The lowest BCUT2D eigenvalue weighted by atomic mass is 9.95. The highest BCUT2D eigenvalue weighted by Crippen LogP contribution is 2.50. The van der Waals surface area contributed by atoms with E-state index in [1.54, 1.807) is 0 Å². The first-order valence-electron chi connectivity index (χ1n) is 10.1. The van der Waals surface area contributed by atoms with Gasteiger partial charge >= 0.3 is 0 Å². The Morgan fingerprint density at radius 3 is 2.54 bits per heavy atom. The average molecular weight is 349 g/mol. The highest BCUT2D eigenvalue weighted by atomic mass is 16.2. The van der Waals surface area contributed by atoms with E-state index in [9.17, 15) is 4.79 Å². The number of carbonyl (C=O) groups is 1. The van der Waals surface area contributed by atoms with Crippen LogP contribution in [0.25, 0.3) is 0 Å². The van der Waals surface area contributed by atoms with Crippen molar-refractivity contribution < 1.29 is 4.79 Å². The second-order valence-electron chi connectivity index (χ2n) is 8.28. The van der Waals surface area contributed by atoms with Crippen LogP contribution in [0.3, 0.4) is 0 Å². The molecule has 0 unspecified atom stereocenters. The normalized spacial score (nSPS) is 19.7. The third kappa shape index (κ3) is 3.17. The first kappa shape index (κ1) is 16.1. The first-order chi connectivity index (χ1) is 12.8. The number of nitrogens with zero attached hydrogens (tertiary/aromatic N) is 3. The van der Waals surface area contributed by atoms with Gasteiger partial charge in [0.1, 0.15) is 0 Å². The zero-order valence-corrected chi connectivity index (χ0v) is 15.3. The summed E-state index contributed by atoms with van der Waals surface area (Å²) in [6.45, 7) is 2.54. The Morgan fingerprint density at radius 2 is 1.85 bits per heavy atom. The number of fused-ring (bicyclic) bond motifs is 1. The molecule has 2 aliphatic carbocycles. The molecule has 1 aliphatic heterocycles. The third-order valence-corrected chi connectivity index (χ3v) is 6.33. The summed E-state index contributed by atoms with van der Waals surface area (Å²) in [5, 5.41) is 0. The largest absolute Gasteiger partial charge is 0.336 e. The molecule has 2 fully saturated rings. The molecule has 4 nitrogen and oxygen atoms in total. The second-order valence-corrected chi connectivity index (χ2v) is 8.28. The summed E-state index contributed by atoms with van der Waals surface area (Å²) in [4.78, 5) is 19.8. The van der Waals surface area contributed by atoms with Crippen molar-refractivity contribution in [3.05, 3.63) is 53.6 Å². The fourth-order valence-electron chi connectivity index (χ4n) is 4.55. The molecular formula is C22H27N3O. The Kier molecular flexibility index (Phi) is 4.07. The predicted molar refractivity (Wildman–Crippen MR) is 100 cm³/mol. The van der Waals surface area contributed by atoms with Gasteiger partial charge in [-0.3, -0.25) is 4.79 Å². The maximum Gasteiger partial charge on any atom is 0.226 e. The zero-order valence-electron chi connectivity index (χ0n) is 15.3. The molecule has 0 radical (unpaired) electrons. The molecule has 2 saturated carbocycles. The number of rotatable bonds is 6. The SMILES string of the molecule is O=C(C(C1CC1)C1CC1)N1CCc2c(ncn2CCc2ccccc2)C1. The lowest BCUT2D eigenvalue weighted by molar-refractivity contribution is -0.138. The smallest absolute Gasteiger partial charge is 0.226 e. The molecule has 4 heteroatoms. The van der Waals surface area contributed by atoms with E-state index >= 15 is 0 Å². The summed E-state index contributed by atoms with van der Waals surface area (Å²) < 4.78 is 2.30. The molecule has 1 amide bonds. The number of amides is 1. The highest BCUT2D eigenvalue weighted by molar-refractivity contribution is 5.80. The molecule has 0 N–H and O–H groups in total. The van der Waals surface area contributed by atoms with Crippen LogP contribution in [-0.2, 0) is 30.7 Å².